The summed E-state index contributed by atoms with van der Waals surface area (Å²) in [4.78, 5) is 33.2. The fraction of sp³-hybridized carbons (Fsp3) is 0.130. The van der Waals surface area contributed by atoms with E-state index in [2.05, 4.69) is 20.6 Å². The van der Waals surface area contributed by atoms with E-state index in [1.807, 2.05) is 36.4 Å². The molecule has 2 aromatic carbocycles. The van der Waals surface area contributed by atoms with Crippen molar-refractivity contribution in [2.45, 2.75) is 12.5 Å². The maximum atomic E-state index is 12.5. The summed E-state index contributed by atoms with van der Waals surface area (Å²) in [6.45, 7) is 0. The second-order valence-electron chi connectivity index (χ2n) is 6.81. The normalized spacial score (nSPS) is 11.6. The van der Waals surface area contributed by atoms with Crippen LogP contribution in [0.5, 0.6) is 0 Å². The van der Waals surface area contributed by atoms with Gasteiger partial charge in [0.25, 0.3) is 0 Å². The molecule has 0 radical (unpaired) electrons. The summed E-state index contributed by atoms with van der Waals surface area (Å²) in [6, 6.07) is 16.8. The number of pyridine rings is 1. The zero-order valence-corrected chi connectivity index (χ0v) is 16.7. The lowest BCUT2D eigenvalue weighted by Crippen LogP contribution is -2.45. The van der Waals surface area contributed by atoms with Gasteiger partial charge in [0.2, 0.25) is 5.89 Å². The number of methoxy groups -OCH3 is 1. The van der Waals surface area contributed by atoms with Crippen molar-refractivity contribution in [3.8, 4) is 11.5 Å². The molecule has 2 amide bonds. The Balaban J connectivity index is 1.47. The van der Waals surface area contributed by atoms with E-state index in [4.69, 9.17) is 9.15 Å². The van der Waals surface area contributed by atoms with Crippen LogP contribution in [0, 0.1) is 0 Å². The number of hydrogen-bond donors (Lipinski definition) is 2. The van der Waals surface area contributed by atoms with Gasteiger partial charge in [-0.2, -0.15) is 0 Å². The second kappa shape index (κ2) is 9.08. The number of nitrogens with zero attached hydrogens (tertiary/aromatic N) is 2. The van der Waals surface area contributed by atoms with Crippen LogP contribution < -0.4 is 10.6 Å². The van der Waals surface area contributed by atoms with Gasteiger partial charge in [-0.15, -0.1) is 0 Å². The molecule has 31 heavy (non-hydrogen) atoms. The third-order valence-corrected chi connectivity index (χ3v) is 4.63. The zero-order chi connectivity index (χ0) is 21.6. The molecule has 4 rings (SSSR count). The fourth-order valence-electron chi connectivity index (χ4n) is 3.13. The monoisotopic (exact) mass is 416 g/mol. The van der Waals surface area contributed by atoms with Gasteiger partial charge in [0, 0.05) is 24.5 Å². The number of benzene rings is 2. The Morgan fingerprint density at radius 1 is 1.10 bits per heavy atom. The van der Waals surface area contributed by atoms with Gasteiger partial charge < -0.3 is 19.8 Å². The number of rotatable bonds is 6. The summed E-state index contributed by atoms with van der Waals surface area (Å²) in [6.07, 6.45) is 3.65. The molecule has 0 aliphatic rings. The van der Waals surface area contributed by atoms with Crippen LogP contribution in [0.25, 0.3) is 22.6 Å². The first-order valence-electron chi connectivity index (χ1n) is 9.62. The zero-order valence-electron chi connectivity index (χ0n) is 16.7. The largest absolute Gasteiger partial charge is 0.467 e. The smallest absolute Gasteiger partial charge is 0.328 e. The van der Waals surface area contributed by atoms with Crippen LogP contribution in [0.4, 0.5) is 10.5 Å². The van der Waals surface area contributed by atoms with Crippen molar-refractivity contribution >= 4 is 28.8 Å². The van der Waals surface area contributed by atoms with Crippen molar-refractivity contribution in [2.24, 2.45) is 0 Å². The standard InChI is InChI=1S/C23H20N4O4/c1-30-22(28)19(12-15-6-3-2-4-7-15)27-23(29)25-17-9-10-20-18(13-17)26-21(31-20)16-8-5-11-24-14-16/h2-11,13-14,19H,12H2,1H3,(H2,25,27,29). The van der Waals surface area contributed by atoms with E-state index < -0.39 is 18.0 Å². The van der Waals surface area contributed by atoms with Gasteiger partial charge in [0.05, 0.1) is 12.7 Å². The second-order valence-corrected chi connectivity index (χ2v) is 6.81. The Hall–Kier alpha value is -4.20. The van der Waals surface area contributed by atoms with Gasteiger partial charge in [-0.3, -0.25) is 4.98 Å². The first kappa shape index (κ1) is 20.1. The predicted molar refractivity (Wildman–Crippen MR) is 115 cm³/mol. The summed E-state index contributed by atoms with van der Waals surface area (Å²) in [5.41, 5.74) is 3.35. The minimum absolute atomic E-state index is 0.317. The Kier molecular flexibility index (Phi) is 5.89. The molecule has 156 valence electrons. The molecule has 0 saturated heterocycles. The lowest BCUT2D eigenvalue weighted by molar-refractivity contribution is -0.142. The van der Waals surface area contributed by atoms with Crippen molar-refractivity contribution in [2.75, 3.05) is 12.4 Å². The molecule has 2 N–H and O–H groups in total. The number of esters is 1. The summed E-state index contributed by atoms with van der Waals surface area (Å²) >= 11 is 0. The maximum Gasteiger partial charge on any atom is 0.328 e. The van der Waals surface area contributed by atoms with Crippen molar-refractivity contribution < 1.29 is 18.7 Å². The lowest BCUT2D eigenvalue weighted by Gasteiger charge is -2.17. The minimum Gasteiger partial charge on any atom is -0.467 e. The molecule has 4 aromatic rings. The number of carbonyl (C=O) groups excluding carboxylic acids is 2. The summed E-state index contributed by atoms with van der Waals surface area (Å²) < 4.78 is 10.6. The maximum absolute atomic E-state index is 12.5. The van der Waals surface area contributed by atoms with Crippen LogP contribution >= 0.6 is 0 Å². The average molecular weight is 416 g/mol. The van der Waals surface area contributed by atoms with Gasteiger partial charge in [-0.25, -0.2) is 14.6 Å². The first-order chi connectivity index (χ1) is 15.1. The molecule has 2 aromatic heterocycles. The number of amides is 2. The highest BCUT2D eigenvalue weighted by atomic mass is 16.5. The summed E-state index contributed by atoms with van der Waals surface area (Å²) in [5.74, 6) is -0.0783. The molecular formula is C23H20N4O4. The third kappa shape index (κ3) is 4.87. The van der Waals surface area contributed by atoms with Gasteiger partial charge in [-0.1, -0.05) is 30.3 Å². The number of hydrogen-bond acceptors (Lipinski definition) is 6. The SMILES string of the molecule is COC(=O)C(Cc1ccccc1)NC(=O)Nc1ccc2oc(-c3cccnc3)nc2c1. The van der Waals surface area contributed by atoms with E-state index in [0.717, 1.165) is 11.1 Å². The molecule has 8 nitrogen and oxygen atoms in total. The van der Waals surface area contributed by atoms with Crippen LogP contribution in [0.1, 0.15) is 5.56 Å². The molecule has 0 saturated carbocycles. The predicted octanol–water partition coefficient (Wildman–Crippen LogP) is 3.80. The number of carbonyl (C=O) groups is 2. The molecule has 1 unspecified atom stereocenters. The third-order valence-electron chi connectivity index (χ3n) is 4.63. The fourth-order valence-corrected chi connectivity index (χ4v) is 3.13. The molecule has 0 fully saturated rings. The minimum atomic E-state index is -0.819. The van der Waals surface area contributed by atoms with Crippen LogP contribution in [0.3, 0.4) is 0 Å². The number of anilines is 1. The summed E-state index contributed by atoms with van der Waals surface area (Å²) in [7, 11) is 1.29. The number of urea groups is 1. The topological polar surface area (TPSA) is 106 Å². The highest BCUT2D eigenvalue weighted by Crippen LogP contribution is 2.25. The molecule has 8 heteroatoms. The molecule has 0 aliphatic carbocycles. The van der Waals surface area contributed by atoms with Crippen molar-refractivity contribution in [1.29, 1.82) is 0 Å². The van der Waals surface area contributed by atoms with E-state index in [0.29, 0.717) is 29.1 Å². The lowest BCUT2D eigenvalue weighted by atomic mass is 10.1. The van der Waals surface area contributed by atoms with Crippen LogP contribution in [-0.4, -0.2) is 35.1 Å². The molecule has 0 bridgehead atoms. The Bertz CT molecular complexity index is 1190. The molecule has 2 heterocycles. The Labute approximate surface area is 178 Å². The van der Waals surface area contributed by atoms with E-state index >= 15 is 0 Å². The average Bonchev–Trinajstić information content (AvgIpc) is 3.23. The Morgan fingerprint density at radius 3 is 2.68 bits per heavy atom. The number of fused-ring (bicyclic) bond motifs is 1. The highest BCUT2D eigenvalue weighted by Gasteiger charge is 2.22. The highest BCUT2D eigenvalue weighted by molar-refractivity contribution is 5.94. The van der Waals surface area contributed by atoms with Gasteiger partial charge in [0.1, 0.15) is 11.6 Å². The van der Waals surface area contributed by atoms with Crippen LogP contribution in [0.15, 0.2) is 77.5 Å². The van der Waals surface area contributed by atoms with E-state index in [1.165, 1.54) is 7.11 Å². The van der Waals surface area contributed by atoms with E-state index in [9.17, 15) is 9.59 Å². The van der Waals surface area contributed by atoms with Gasteiger partial charge >= 0.3 is 12.0 Å². The van der Waals surface area contributed by atoms with Crippen molar-refractivity contribution in [1.82, 2.24) is 15.3 Å². The van der Waals surface area contributed by atoms with Crippen LogP contribution in [0.2, 0.25) is 0 Å². The quantitative estimate of drug-likeness (QED) is 0.463. The van der Waals surface area contributed by atoms with Crippen molar-refractivity contribution in [3.05, 3.63) is 78.6 Å². The first-order valence-corrected chi connectivity index (χ1v) is 9.62. The van der Waals surface area contributed by atoms with Gasteiger partial charge in [0.15, 0.2) is 5.58 Å². The van der Waals surface area contributed by atoms with Crippen LogP contribution in [-0.2, 0) is 16.0 Å². The number of oxazole rings is 1. The van der Waals surface area contributed by atoms with E-state index in [1.54, 1.807) is 36.7 Å². The molecule has 0 spiro atoms. The Morgan fingerprint density at radius 2 is 1.94 bits per heavy atom. The number of nitrogens with one attached hydrogen (secondary N) is 2. The summed E-state index contributed by atoms with van der Waals surface area (Å²) in [5, 5.41) is 5.39. The van der Waals surface area contributed by atoms with E-state index in [-0.39, 0.29) is 0 Å². The number of ether oxygens (including phenoxy) is 1. The van der Waals surface area contributed by atoms with Crippen molar-refractivity contribution in [3.63, 3.8) is 0 Å². The molecule has 0 aliphatic heterocycles. The molecular weight excluding hydrogens is 396 g/mol. The number of aromatic nitrogens is 2. The molecule has 1 atom stereocenters. The van der Waals surface area contributed by atoms with Gasteiger partial charge in [-0.05, 0) is 35.9 Å².